The number of carbonyl (C=O) groups excluding carboxylic acids is 1. The highest BCUT2D eigenvalue weighted by Crippen LogP contribution is 2.39. The Labute approximate surface area is 140 Å². The predicted octanol–water partition coefficient (Wildman–Crippen LogP) is 2.76. The van der Waals surface area contributed by atoms with Crippen LogP contribution in [-0.2, 0) is 11.3 Å². The highest BCUT2D eigenvalue weighted by Gasteiger charge is 2.28. The largest absolute Gasteiger partial charge is 0.494 e. The van der Waals surface area contributed by atoms with Gasteiger partial charge in [-0.3, -0.25) is 4.79 Å². The minimum atomic E-state index is 0.0270. The van der Waals surface area contributed by atoms with Gasteiger partial charge in [0.15, 0.2) is 5.13 Å². The third-order valence-electron chi connectivity index (χ3n) is 3.83. The van der Waals surface area contributed by atoms with E-state index in [0.717, 1.165) is 22.1 Å². The molecule has 0 aliphatic carbocycles. The van der Waals surface area contributed by atoms with E-state index in [2.05, 4.69) is 16.4 Å². The van der Waals surface area contributed by atoms with Crippen molar-refractivity contribution in [1.82, 2.24) is 10.3 Å². The number of thiazole rings is 1. The summed E-state index contributed by atoms with van der Waals surface area (Å²) in [6, 6.07) is 8.02. The van der Waals surface area contributed by atoms with Crippen LogP contribution in [0.1, 0.15) is 35.4 Å². The van der Waals surface area contributed by atoms with Crippen molar-refractivity contribution in [2.45, 2.75) is 25.8 Å². The maximum atomic E-state index is 12.1. The smallest absolute Gasteiger partial charge is 0.221 e. The third-order valence-corrected chi connectivity index (χ3v) is 5.21. The Morgan fingerprint density at radius 3 is 3.00 bits per heavy atom. The maximum absolute atomic E-state index is 12.1. The molecule has 6 heteroatoms. The number of aromatic nitrogens is 1. The summed E-state index contributed by atoms with van der Waals surface area (Å²) in [6.07, 6.45) is 0.442. The lowest BCUT2D eigenvalue weighted by Gasteiger charge is -2.15. The molecule has 0 unspecified atom stereocenters. The van der Waals surface area contributed by atoms with Crippen LogP contribution in [0, 0.1) is 0 Å². The molecular weight excluding hydrogens is 310 g/mol. The molecule has 1 aromatic carbocycles. The summed E-state index contributed by atoms with van der Waals surface area (Å²) in [6.45, 7) is 3.10. The predicted molar refractivity (Wildman–Crippen MR) is 92.4 cm³/mol. The van der Waals surface area contributed by atoms with Gasteiger partial charge in [0.05, 0.1) is 18.8 Å². The van der Waals surface area contributed by atoms with Crippen molar-refractivity contribution < 1.29 is 9.53 Å². The van der Waals surface area contributed by atoms with Crippen LogP contribution in [0.25, 0.3) is 0 Å². The van der Waals surface area contributed by atoms with E-state index >= 15 is 0 Å². The van der Waals surface area contributed by atoms with Gasteiger partial charge in [0.2, 0.25) is 5.91 Å². The fraction of sp³-hybridized carbons (Fsp3) is 0.412. The Bertz CT molecular complexity index is 712. The van der Waals surface area contributed by atoms with Gasteiger partial charge in [0.1, 0.15) is 5.75 Å². The average molecular weight is 331 g/mol. The van der Waals surface area contributed by atoms with E-state index < -0.39 is 0 Å². The molecule has 1 amide bonds. The van der Waals surface area contributed by atoms with Crippen molar-refractivity contribution in [3.05, 3.63) is 40.4 Å². The summed E-state index contributed by atoms with van der Waals surface area (Å²) in [4.78, 5) is 19.9. The molecule has 3 rings (SSSR count). The first-order chi connectivity index (χ1) is 11.1. The van der Waals surface area contributed by atoms with Crippen molar-refractivity contribution >= 4 is 22.4 Å². The molecule has 2 heterocycles. The van der Waals surface area contributed by atoms with Gasteiger partial charge in [0.25, 0.3) is 0 Å². The van der Waals surface area contributed by atoms with Gasteiger partial charge >= 0.3 is 0 Å². The lowest BCUT2D eigenvalue weighted by molar-refractivity contribution is -0.121. The van der Waals surface area contributed by atoms with E-state index in [1.165, 1.54) is 4.88 Å². The molecule has 1 atom stereocenters. The van der Waals surface area contributed by atoms with Crippen LogP contribution in [0.4, 0.5) is 5.13 Å². The summed E-state index contributed by atoms with van der Waals surface area (Å²) >= 11 is 1.66. The number of benzene rings is 1. The SMILES string of the molecule is CCOc1cccc([C@H]2CC(=O)NCc3nc(N(C)C)sc32)c1. The normalized spacial score (nSPS) is 17.2. The zero-order valence-electron chi connectivity index (χ0n) is 13.6. The molecular formula is C17H21N3O2S. The van der Waals surface area contributed by atoms with Gasteiger partial charge < -0.3 is 15.0 Å². The Morgan fingerprint density at radius 2 is 2.26 bits per heavy atom. The fourth-order valence-electron chi connectivity index (χ4n) is 2.73. The maximum Gasteiger partial charge on any atom is 0.221 e. The first kappa shape index (κ1) is 15.8. The van der Waals surface area contributed by atoms with Gasteiger partial charge in [-0.2, -0.15) is 0 Å². The first-order valence-electron chi connectivity index (χ1n) is 7.75. The molecule has 122 valence electrons. The molecule has 0 fully saturated rings. The molecule has 1 aliphatic heterocycles. The molecule has 0 spiro atoms. The molecule has 1 N–H and O–H groups in total. The van der Waals surface area contributed by atoms with E-state index in [9.17, 15) is 4.79 Å². The van der Waals surface area contributed by atoms with Gasteiger partial charge in [-0.15, -0.1) is 11.3 Å². The number of hydrogen-bond acceptors (Lipinski definition) is 5. The van der Waals surface area contributed by atoms with Gasteiger partial charge in [-0.05, 0) is 24.6 Å². The van der Waals surface area contributed by atoms with Crippen molar-refractivity contribution in [2.24, 2.45) is 0 Å². The zero-order valence-corrected chi connectivity index (χ0v) is 14.4. The fourth-order valence-corrected chi connectivity index (χ4v) is 3.86. The van der Waals surface area contributed by atoms with E-state index in [1.54, 1.807) is 11.3 Å². The highest BCUT2D eigenvalue weighted by molar-refractivity contribution is 7.15. The van der Waals surface area contributed by atoms with Crippen LogP contribution in [0.5, 0.6) is 5.75 Å². The van der Waals surface area contributed by atoms with E-state index in [1.807, 2.05) is 44.1 Å². The average Bonchev–Trinajstić information content (AvgIpc) is 2.89. The molecule has 5 nitrogen and oxygen atoms in total. The molecule has 2 aromatic rings. The topological polar surface area (TPSA) is 54.5 Å². The minimum absolute atomic E-state index is 0.0270. The van der Waals surface area contributed by atoms with Crippen molar-refractivity contribution in [3.63, 3.8) is 0 Å². The number of carbonyl (C=O) groups is 1. The Balaban J connectivity index is 2.03. The van der Waals surface area contributed by atoms with Crippen molar-refractivity contribution in [2.75, 3.05) is 25.6 Å². The molecule has 0 bridgehead atoms. The molecule has 1 aliphatic rings. The van der Waals surface area contributed by atoms with Crippen molar-refractivity contribution in [1.29, 1.82) is 0 Å². The van der Waals surface area contributed by atoms with E-state index in [4.69, 9.17) is 4.74 Å². The van der Waals surface area contributed by atoms with E-state index in [-0.39, 0.29) is 11.8 Å². The number of hydrogen-bond donors (Lipinski definition) is 1. The number of ether oxygens (including phenoxy) is 1. The standard InChI is InChI=1S/C17H21N3O2S/c1-4-22-12-7-5-6-11(8-12)13-9-15(21)18-10-14-16(13)23-17(19-14)20(2)3/h5-8,13H,4,9-10H2,1-3H3,(H,18,21)/t13-/m1/s1. The minimum Gasteiger partial charge on any atom is -0.494 e. The Hall–Kier alpha value is -2.08. The summed E-state index contributed by atoms with van der Waals surface area (Å²) in [5, 5.41) is 3.92. The van der Waals surface area contributed by atoms with Gasteiger partial charge in [0, 0.05) is 31.3 Å². The number of amides is 1. The second kappa shape index (κ2) is 6.58. The van der Waals surface area contributed by atoms with Crippen LogP contribution >= 0.6 is 11.3 Å². The number of nitrogens with zero attached hydrogens (tertiary/aromatic N) is 2. The second-order valence-corrected chi connectivity index (χ2v) is 6.75. The lowest BCUT2D eigenvalue weighted by atomic mass is 9.93. The number of rotatable bonds is 4. The summed E-state index contributed by atoms with van der Waals surface area (Å²) in [5.74, 6) is 0.932. The van der Waals surface area contributed by atoms with E-state index in [0.29, 0.717) is 19.6 Å². The second-order valence-electron chi connectivity index (χ2n) is 5.74. The van der Waals surface area contributed by atoms with Crippen LogP contribution < -0.4 is 15.0 Å². The third kappa shape index (κ3) is 3.32. The summed E-state index contributed by atoms with van der Waals surface area (Å²) in [5.41, 5.74) is 2.07. The molecule has 0 saturated heterocycles. The van der Waals surface area contributed by atoms with Crippen LogP contribution in [-0.4, -0.2) is 31.6 Å². The summed E-state index contributed by atoms with van der Waals surface area (Å²) in [7, 11) is 3.98. The van der Waals surface area contributed by atoms with Crippen LogP contribution in [0.3, 0.4) is 0 Å². The molecule has 0 saturated carbocycles. The van der Waals surface area contributed by atoms with Crippen LogP contribution in [0.2, 0.25) is 0 Å². The highest BCUT2D eigenvalue weighted by atomic mass is 32.1. The monoisotopic (exact) mass is 331 g/mol. The van der Waals surface area contributed by atoms with Crippen LogP contribution in [0.15, 0.2) is 24.3 Å². The lowest BCUT2D eigenvalue weighted by Crippen LogP contribution is -2.21. The zero-order chi connectivity index (χ0) is 16.4. The summed E-state index contributed by atoms with van der Waals surface area (Å²) < 4.78 is 5.61. The molecule has 23 heavy (non-hydrogen) atoms. The number of fused-ring (bicyclic) bond motifs is 1. The quantitative estimate of drug-likeness (QED) is 0.936. The Morgan fingerprint density at radius 1 is 1.43 bits per heavy atom. The molecule has 0 radical (unpaired) electrons. The number of nitrogens with one attached hydrogen (secondary N) is 1. The molecule has 1 aromatic heterocycles. The number of anilines is 1. The van der Waals surface area contributed by atoms with Gasteiger partial charge in [-0.1, -0.05) is 12.1 Å². The first-order valence-corrected chi connectivity index (χ1v) is 8.56. The van der Waals surface area contributed by atoms with Crippen molar-refractivity contribution in [3.8, 4) is 5.75 Å². The Kier molecular flexibility index (Phi) is 4.52. The van der Waals surface area contributed by atoms with Gasteiger partial charge in [-0.25, -0.2) is 4.98 Å².